The van der Waals surface area contributed by atoms with Gasteiger partial charge in [0.2, 0.25) is 0 Å². The number of hydrogen-bond acceptors (Lipinski definition) is 1. The van der Waals surface area contributed by atoms with Crippen LogP contribution in [-0.4, -0.2) is 9.78 Å². The Hall–Kier alpha value is -1.57. The minimum Gasteiger partial charge on any atom is -0.268 e. The van der Waals surface area contributed by atoms with Crippen molar-refractivity contribution in [1.29, 1.82) is 0 Å². The standard InChI is InChI=1S/C14H18N2/c1-3-12(2)14-9-15-16(11-14)10-13-7-5-4-6-8-13/h4-9,11-12H,3,10H2,1-2H3. The zero-order valence-electron chi connectivity index (χ0n) is 9.93. The van der Waals surface area contributed by atoms with E-state index in [2.05, 4.69) is 49.4 Å². The molecule has 0 aliphatic rings. The number of nitrogens with zero attached hydrogens (tertiary/aromatic N) is 2. The van der Waals surface area contributed by atoms with Crippen LogP contribution in [0.25, 0.3) is 0 Å². The molecule has 1 atom stereocenters. The van der Waals surface area contributed by atoms with Gasteiger partial charge in [0.05, 0.1) is 12.7 Å². The average molecular weight is 214 g/mol. The average Bonchev–Trinajstić information content (AvgIpc) is 2.78. The molecule has 0 N–H and O–H groups in total. The molecule has 1 unspecified atom stereocenters. The molecule has 1 aromatic carbocycles. The first-order valence-corrected chi connectivity index (χ1v) is 5.86. The van der Waals surface area contributed by atoms with Gasteiger partial charge in [0.25, 0.3) is 0 Å². The monoisotopic (exact) mass is 214 g/mol. The fourth-order valence-electron chi connectivity index (χ4n) is 1.73. The van der Waals surface area contributed by atoms with Gasteiger partial charge in [-0.05, 0) is 23.5 Å². The van der Waals surface area contributed by atoms with E-state index in [1.54, 1.807) is 0 Å². The van der Waals surface area contributed by atoms with Gasteiger partial charge >= 0.3 is 0 Å². The van der Waals surface area contributed by atoms with Crippen LogP contribution >= 0.6 is 0 Å². The highest BCUT2D eigenvalue weighted by molar-refractivity contribution is 5.16. The SMILES string of the molecule is CCC(C)c1cnn(Cc2ccccc2)c1. The third-order valence-corrected chi connectivity index (χ3v) is 3.02. The highest BCUT2D eigenvalue weighted by Crippen LogP contribution is 2.17. The topological polar surface area (TPSA) is 17.8 Å². The fourth-order valence-corrected chi connectivity index (χ4v) is 1.73. The molecule has 2 nitrogen and oxygen atoms in total. The number of aromatic nitrogens is 2. The van der Waals surface area contributed by atoms with Gasteiger partial charge in [0.1, 0.15) is 0 Å². The molecule has 0 fully saturated rings. The summed E-state index contributed by atoms with van der Waals surface area (Å²) in [5, 5.41) is 4.40. The van der Waals surface area contributed by atoms with Gasteiger partial charge in [-0.1, -0.05) is 44.2 Å². The van der Waals surface area contributed by atoms with Crippen LogP contribution in [0.1, 0.15) is 37.3 Å². The van der Waals surface area contributed by atoms with Gasteiger partial charge in [-0.3, -0.25) is 4.68 Å². The lowest BCUT2D eigenvalue weighted by Crippen LogP contribution is -1.99. The zero-order chi connectivity index (χ0) is 11.4. The van der Waals surface area contributed by atoms with E-state index >= 15 is 0 Å². The Balaban J connectivity index is 2.09. The molecule has 0 bridgehead atoms. The molecule has 1 aromatic heterocycles. The molecule has 0 radical (unpaired) electrons. The van der Waals surface area contributed by atoms with Crippen LogP contribution in [-0.2, 0) is 6.54 Å². The Morgan fingerprint density at radius 2 is 2.00 bits per heavy atom. The lowest BCUT2D eigenvalue weighted by molar-refractivity contribution is 0.681. The molecule has 0 spiro atoms. The predicted molar refractivity (Wildman–Crippen MR) is 66.5 cm³/mol. The van der Waals surface area contributed by atoms with Crippen molar-refractivity contribution in [1.82, 2.24) is 9.78 Å². The first-order chi connectivity index (χ1) is 7.79. The maximum absolute atomic E-state index is 4.40. The summed E-state index contributed by atoms with van der Waals surface area (Å²) in [5.41, 5.74) is 2.62. The molecule has 0 saturated heterocycles. The molecule has 84 valence electrons. The Bertz CT molecular complexity index is 431. The summed E-state index contributed by atoms with van der Waals surface area (Å²) in [6.45, 7) is 5.31. The van der Waals surface area contributed by atoms with Crippen LogP contribution in [0.15, 0.2) is 42.7 Å². The number of rotatable bonds is 4. The van der Waals surface area contributed by atoms with Crippen molar-refractivity contribution in [2.45, 2.75) is 32.7 Å². The first-order valence-electron chi connectivity index (χ1n) is 5.86. The second-order valence-electron chi connectivity index (χ2n) is 4.27. The summed E-state index contributed by atoms with van der Waals surface area (Å²) in [6.07, 6.45) is 5.30. The van der Waals surface area contributed by atoms with E-state index in [0.29, 0.717) is 5.92 Å². The van der Waals surface area contributed by atoms with Crippen molar-refractivity contribution in [3.63, 3.8) is 0 Å². The maximum atomic E-state index is 4.40. The van der Waals surface area contributed by atoms with E-state index in [4.69, 9.17) is 0 Å². The lowest BCUT2D eigenvalue weighted by Gasteiger charge is -2.04. The van der Waals surface area contributed by atoms with Gasteiger partial charge in [-0.25, -0.2) is 0 Å². The first kappa shape index (κ1) is 10.9. The van der Waals surface area contributed by atoms with E-state index in [9.17, 15) is 0 Å². The van der Waals surface area contributed by atoms with Gasteiger partial charge in [0, 0.05) is 6.20 Å². The smallest absolute Gasteiger partial charge is 0.0659 e. The van der Waals surface area contributed by atoms with E-state index in [0.717, 1.165) is 13.0 Å². The molecule has 0 aliphatic carbocycles. The molecule has 2 aromatic rings. The van der Waals surface area contributed by atoms with Crippen LogP contribution in [0.4, 0.5) is 0 Å². The van der Waals surface area contributed by atoms with Crippen molar-refractivity contribution in [3.05, 3.63) is 53.9 Å². The van der Waals surface area contributed by atoms with E-state index in [1.165, 1.54) is 11.1 Å². The van der Waals surface area contributed by atoms with Gasteiger partial charge in [-0.2, -0.15) is 5.10 Å². The highest BCUT2D eigenvalue weighted by atomic mass is 15.3. The van der Waals surface area contributed by atoms with Crippen molar-refractivity contribution < 1.29 is 0 Å². The lowest BCUT2D eigenvalue weighted by atomic mass is 10.0. The zero-order valence-corrected chi connectivity index (χ0v) is 9.93. The molecule has 16 heavy (non-hydrogen) atoms. The molecule has 2 heteroatoms. The number of benzene rings is 1. The van der Waals surface area contributed by atoms with Crippen LogP contribution < -0.4 is 0 Å². The van der Waals surface area contributed by atoms with E-state index in [-0.39, 0.29) is 0 Å². The Morgan fingerprint density at radius 1 is 1.25 bits per heavy atom. The van der Waals surface area contributed by atoms with Gasteiger partial charge < -0.3 is 0 Å². The Labute approximate surface area is 96.9 Å². The molecule has 2 rings (SSSR count). The quantitative estimate of drug-likeness (QED) is 0.762. The molecular formula is C14H18N2. The van der Waals surface area contributed by atoms with Gasteiger partial charge in [0.15, 0.2) is 0 Å². The van der Waals surface area contributed by atoms with Crippen LogP contribution in [0, 0.1) is 0 Å². The summed E-state index contributed by atoms with van der Waals surface area (Å²) in [6, 6.07) is 10.4. The third-order valence-electron chi connectivity index (χ3n) is 3.02. The molecular weight excluding hydrogens is 196 g/mol. The van der Waals surface area contributed by atoms with E-state index in [1.807, 2.05) is 16.9 Å². The Kier molecular flexibility index (Phi) is 3.40. The molecule has 1 heterocycles. The minimum atomic E-state index is 0.601. The maximum Gasteiger partial charge on any atom is 0.0659 e. The van der Waals surface area contributed by atoms with Crippen molar-refractivity contribution in [3.8, 4) is 0 Å². The summed E-state index contributed by atoms with van der Waals surface area (Å²) in [4.78, 5) is 0. The van der Waals surface area contributed by atoms with Crippen LogP contribution in [0.5, 0.6) is 0 Å². The summed E-state index contributed by atoms with van der Waals surface area (Å²) >= 11 is 0. The van der Waals surface area contributed by atoms with Crippen molar-refractivity contribution in [2.24, 2.45) is 0 Å². The number of hydrogen-bond donors (Lipinski definition) is 0. The van der Waals surface area contributed by atoms with Crippen molar-refractivity contribution >= 4 is 0 Å². The summed E-state index contributed by atoms with van der Waals surface area (Å²) in [7, 11) is 0. The molecule has 0 saturated carbocycles. The van der Waals surface area contributed by atoms with Gasteiger partial charge in [-0.15, -0.1) is 0 Å². The predicted octanol–water partition coefficient (Wildman–Crippen LogP) is 3.44. The molecule has 0 amide bonds. The normalized spacial score (nSPS) is 12.6. The van der Waals surface area contributed by atoms with E-state index < -0.39 is 0 Å². The van der Waals surface area contributed by atoms with Crippen molar-refractivity contribution in [2.75, 3.05) is 0 Å². The van der Waals surface area contributed by atoms with Crippen LogP contribution in [0.3, 0.4) is 0 Å². The minimum absolute atomic E-state index is 0.601. The second-order valence-corrected chi connectivity index (χ2v) is 4.27. The van der Waals surface area contributed by atoms with Crippen LogP contribution in [0.2, 0.25) is 0 Å². The second kappa shape index (κ2) is 4.97. The fraction of sp³-hybridized carbons (Fsp3) is 0.357. The summed E-state index contributed by atoms with van der Waals surface area (Å²) < 4.78 is 2.01. The summed E-state index contributed by atoms with van der Waals surface area (Å²) in [5.74, 6) is 0.601. The molecule has 0 aliphatic heterocycles. The third kappa shape index (κ3) is 2.51. The highest BCUT2D eigenvalue weighted by Gasteiger charge is 2.05. The Morgan fingerprint density at radius 3 is 2.69 bits per heavy atom. The largest absolute Gasteiger partial charge is 0.268 e.